The van der Waals surface area contributed by atoms with Gasteiger partial charge < -0.3 is 5.73 Å². The number of nitrogens with two attached hydrogens (primary N) is 1. The molecule has 2 N–H and O–H groups in total. The van der Waals surface area contributed by atoms with Crippen LogP contribution >= 0.6 is 11.8 Å². The van der Waals surface area contributed by atoms with Gasteiger partial charge in [-0.3, -0.25) is 4.57 Å². The molecule has 0 saturated heterocycles. The van der Waals surface area contributed by atoms with Gasteiger partial charge in [-0.15, -0.1) is 10.2 Å². The molecule has 0 radical (unpaired) electrons. The molecule has 112 valence electrons. The molecule has 3 aromatic rings. The van der Waals surface area contributed by atoms with Crippen LogP contribution in [0.2, 0.25) is 0 Å². The lowest BCUT2D eigenvalue weighted by Crippen LogP contribution is -1.99. The molecule has 0 aliphatic heterocycles. The van der Waals surface area contributed by atoms with Crippen LogP contribution in [0.15, 0.2) is 22.3 Å². The Bertz CT molecular complexity index is 1010. The summed E-state index contributed by atoms with van der Waals surface area (Å²) in [7, 11) is 1.76. The van der Waals surface area contributed by atoms with Gasteiger partial charge in [0.2, 0.25) is 5.95 Å². The number of nitrogen functional groups attached to an aromatic ring is 1. The molecule has 2 aromatic heterocycles. The quantitative estimate of drug-likeness (QED) is 0.751. The number of benzene rings is 1. The van der Waals surface area contributed by atoms with E-state index >= 15 is 0 Å². The number of aromatic nitrogens is 5. The van der Waals surface area contributed by atoms with Crippen LogP contribution in [0.5, 0.6) is 0 Å². The molecule has 1 aromatic carbocycles. The van der Waals surface area contributed by atoms with Gasteiger partial charge in [-0.05, 0) is 30.8 Å². The van der Waals surface area contributed by atoms with Gasteiger partial charge in [0.05, 0.1) is 27.9 Å². The molecule has 3 rings (SSSR count). The van der Waals surface area contributed by atoms with Crippen molar-refractivity contribution in [3.63, 3.8) is 0 Å². The van der Waals surface area contributed by atoms with Gasteiger partial charge >= 0.3 is 0 Å². The van der Waals surface area contributed by atoms with Crippen LogP contribution in [0.3, 0.4) is 0 Å². The molecule has 0 aliphatic carbocycles. The second-order valence-corrected chi connectivity index (χ2v) is 5.68. The molecule has 0 unspecified atom stereocenters. The lowest BCUT2D eigenvalue weighted by Gasteiger charge is -2.06. The monoisotopic (exact) mass is 322 g/mol. The summed E-state index contributed by atoms with van der Waals surface area (Å²) in [6, 6.07) is 7.12. The second-order valence-electron chi connectivity index (χ2n) is 4.73. The number of anilines is 1. The van der Waals surface area contributed by atoms with E-state index in [0.717, 1.165) is 0 Å². The Balaban J connectivity index is 2.12. The largest absolute Gasteiger partial charge is 0.368 e. The molecule has 0 saturated carbocycles. The van der Waals surface area contributed by atoms with Crippen molar-refractivity contribution in [3.8, 4) is 12.1 Å². The van der Waals surface area contributed by atoms with Crippen molar-refractivity contribution >= 4 is 28.7 Å². The fourth-order valence-corrected chi connectivity index (χ4v) is 2.78. The van der Waals surface area contributed by atoms with Gasteiger partial charge in [-0.25, -0.2) is 9.97 Å². The predicted molar refractivity (Wildman–Crippen MR) is 83.2 cm³/mol. The first-order valence-corrected chi connectivity index (χ1v) is 7.30. The Labute approximate surface area is 135 Å². The number of hydrogen-bond donors (Lipinski definition) is 1. The summed E-state index contributed by atoms with van der Waals surface area (Å²) < 4.78 is 1.65. The average Bonchev–Trinajstić information content (AvgIpc) is 2.86. The number of nitrogens with zero attached hydrogens (tertiary/aromatic N) is 7. The first-order chi connectivity index (χ1) is 11.0. The Morgan fingerprint density at radius 2 is 1.70 bits per heavy atom. The minimum absolute atomic E-state index is 0.275. The summed E-state index contributed by atoms with van der Waals surface area (Å²) in [5, 5.41) is 27.2. The molecule has 0 amide bonds. The van der Waals surface area contributed by atoms with Crippen molar-refractivity contribution in [2.75, 3.05) is 5.73 Å². The second kappa shape index (κ2) is 5.55. The number of hydrogen-bond acceptors (Lipinski definition) is 8. The van der Waals surface area contributed by atoms with Crippen LogP contribution in [-0.4, -0.2) is 24.7 Å². The zero-order valence-electron chi connectivity index (χ0n) is 12.3. The predicted octanol–water partition coefficient (Wildman–Crippen LogP) is 1.54. The number of rotatable bonds is 2. The van der Waals surface area contributed by atoms with E-state index in [1.165, 1.54) is 11.8 Å². The van der Waals surface area contributed by atoms with E-state index in [0.29, 0.717) is 32.9 Å². The van der Waals surface area contributed by atoms with E-state index in [9.17, 15) is 0 Å². The summed E-state index contributed by atoms with van der Waals surface area (Å²) in [6.07, 6.45) is 0. The van der Waals surface area contributed by atoms with Crippen LogP contribution in [0.1, 0.15) is 16.8 Å². The summed E-state index contributed by atoms with van der Waals surface area (Å²) in [5.74, 6) is 0.310. The Morgan fingerprint density at radius 3 is 2.22 bits per heavy atom. The van der Waals surface area contributed by atoms with Crippen molar-refractivity contribution in [3.05, 3.63) is 29.0 Å². The highest BCUT2D eigenvalue weighted by molar-refractivity contribution is 7.99. The molecule has 23 heavy (non-hydrogen) atoms. The molecular formula is C14H10N8S. The smallest absolute Gasteiger partial charge is 0.222 e. The molecule has 2 heterocycles. The fraction of sp³-hybridized carbons (Fsp3) is 0.143. The average molecular weight is 322 g/mol. The number of fused-ring (bicyclic) bond motifs is 1. The van der Waals surface area contributed by atoms with Gasteiger partial charge in [-0.1, -0.05) is 0 Å². The molecule has 0 atom stereocenters. The van der Waals surface area contributed by atoms with Crippen LogP contribution in [0, 0.1) is 29.6 Å². The Morgan fingerprint density at radius 1 is 1.09 bits per heavy atom. The van der Waals surface area contributed by atoms with Crippen molar-refractivity contribution in [1.29, 1.82) is 10.5 Å². The maximum Gasteiger partial charge on any atom is 0.222 e. The van der Waals surface area contributed by atoms with Crippen molar-refractivity contribution in [2.24, 2.45) is 7.05 Å². The molecule has 0 bridgehead atoms. The van der Waals surface area contributed by atoms with Crippen LogP contribution < -0.4 is 5.73 Å². The zero-order valence-corrected chi connectivity index (χ0v) is 13.1. The van der Waals surface area contributed by atoms with Crippen LogP contribution in [0.4, 0.5) is 5.95 Å². The van der Waals surface area contributed by atoms with E-state index in [2.05, 4.69) is 20.2 Å². The van der Waals surface area contributed by atoms with E-state index in [1.54, 1.807) is 23.7 Å². The minimum atomic E-state index is 0.275. The summed E-state index contributed by atoms with van der Waals surface area (Å²) >= 11 is 1.29. The molecule has 0 aliphatic rings. The van der Waals surface area contributed by atoms with E-state index < -0.39 is 0 Å². The maximum atomic E-state index is 9.12. The summed E-state index contributed by atoms with van der Waals surface area (Å²) in [4.78, 5) is 8.98. The molecule has 8 nitrogen and oxygen atoms in total. The summed E-state index contributed by atoms with van der Waals surface area (Å²) in [6.45, 7) is 1.82. The van der Waals surface area contributed by atoms with Gasteiger partial charge in [0.15, 0.2) is 5.16 Å². The van der Waals surface area contributed by atoms with Gasteiger partial charge in [0.25, 0.3) is 0 Å². The number of nitriles is 2. The Kier molecular flexibility index (Phi) is 3.56. The third kappa shape index (κ3) is 2.54. The normalized spacial score (nSPS) is 10.4. The lowest BCUT2D eigenvalue weighted by atomic mass is 10.1. The molecule has 0 spiro atoms. The van der Waals surface area contributed by atoms with Crippen molar-refractivity contribution in [2.45, 2.75) is 17.1 Å². The zero-order chi connectivity index (χ0) is 16.6. The lowest BCUT2D eigenvalue weighted by molar-refractivity contribution is 0.793. The third-order valence-corrected chi connectivity index (χ3v) is 4.35. The van der Waals surface area contributed by atoms with E-state index in [-0.39, 0.29) is 11.1 Å². The topological polar surface area (TPSA) is 130 Å². The van der Waals surface area contributed by atoms with Gasteiger partial charge in [0, 0.05) is 7.05 Å². The van der Waals surface area contributed by atoms with Crippen molar-refractivity contribution < 1.29 is 0 Å². The summed E-state index contributed by atoms with van der Waals surface area (Å²) in [5.41, 5.74) is 8.04. The van der Waals surface area contributed by atoms with Crippen LogP contribution in [0.25, 0.3) is 11.0 Å². The highest BCUT2D eigenvalue weighted by atomic mass is 32.2. The first-order valence-electron chi connectivity index (χ1n) is 6.48. The van der Waals surface area contributed by atoms with E-state index in [1.807, 2.05) is 19.1 Å². The first kappa shape index (κ1) is 14.8. The van der Waals surface area contributed by atoms with E-state index in [4.69, 9.17) is 16.3 Å². The molecule has 0 fully saturated rings. The highest BCUT2D eigenvalue weighted by Gasteiger charge is 2.14. The minimum Gasteiger partial charge on any atom is -0.368 e. The van der Waals surface area contributed by atoms with Gasteiger partial charge in [-0.2, -0.15) is 10.5 Å². The fourth-order valence-electron chi connectivity index (χ4n) is 1.96. The maximum absolute atomic E-state index is 9.12. The third-order valence-electron chi connectivity index (χ3n) is 3.23. The molecule has 9 heteroatoms. The Hall–Kier alpha value is -3.17. The van der Waals surface area contributed by atoms with Crippen LogP contribution in [-0.2, 0) is 7.05 Å². The van der Waals surface area contributed by atoms with Gasteiger partial charge in [0.1, 0.15) is 17.2 Å². The molecular weight excluding hydrogens is 312 g/mol. The standard InChI is InChI=1S/C14H10N8S/c1-7-12(23-14-21-20-13(17)22(14)2)19-11-4-9(6-16)8(5-15)3-10(11)18-7/h3-4H,1-2H3,(H2,17,20). The highest BCUT2D eigenvalue weighted by Crippen LogP contribution is 2.29. The van der Waals surface area contributed by atoms with Crippen molar-refractivity contribution in [1.82, 2.24) is 24.7 Å². The SMILES string of the molecule is Cc1nc2cc(C#N)c(C#N)cc2nc1Sc1nnc(N)n1C. The number of aryl methyl sites for hydroxylation is 1.